The van der Waals surface area contributed by atoms with Gasteiger partial charge in [0, 0.05) is 30.9 Å². The van der Waals surface area contributed by atoms with Crippen LogP contribution >= 0.6 is 11.3 Å². The molecule has 1 aliphatic heterocycles. The fourth-order valence-corrected chi connectivity index (χ4v) is 3.30. The third-order valence-corrected chi connectivity index (χ3v) is 4.74. The second-order valence-corrected chi connectivity index (χ2v) is 6.79. The van der Waals surface area contributed by atoms with Crippen LogP contribution in [0.5, 0.6) is 0 Å². The standard InChI is InChI=1S/C17H19N5O3S/c23-14(20-9-11-3-1-5-18-8-11)7-12-10-26-17(21-12)22-16(25)13-4-2-6-19-15(13)24/h1,3,5,8,10,13H,2,4,6-7,9H2,(H,19,24)(H,20,23)(H,21,22,25). The van der Waals surface area contributed by atoms with Crippen LogP contribution in [0.3, 0.4) is 0 Å². The highest BCUT2D eigenvalue weighted by atomic mass is 32.1. The van der Waals surface area contributed by atoms with Crippen molar-refractivity contribution in [1.82, 2.24) is 20.6 Å². The Morgan fingerprint density at radius 2 is 2.27 bits per heavy atom. The number of amides is 3. The second-order valence-electron chi connectivity index (χ2n) is 5.93. The van der Waals surface area contributed by atoms with Gasteiger partial charge in [0.2, 0.25) is 17.7 Å². The zero-order valence-electron chi connectivity index (χ0n) is 14.0. The summed E-state index contributed by atoms with van der Waals surface area (Å²) in [4.78, 5) is 44.1. The number of hydrogen-bond donors (Lipinski definition) is 3. The van der Waals surface area contributed by atoms with E-state index in [-0.39, 0.29) is 24.1 Å². The number of hydrogen-bond acceptors (Lipinski definition) is 6. The molecule has 3 N–H and O–H groups in total. The number of thiazole rings is 1. The van der Waals surface area contributed by atoms with E-state index < -0.39 is 5.92 Å². The molecule has 1 fully saturated rings. The summed E-state index contributed by atoms with van der Waals surface area (Å²) in [6.45, 7) is 1.01. The number of nitrogens with zero attached hydrogens (tertiary/aromatic N) is 2. The van der Waals surface area contributed by atoms with Crippen LogP contribution in [0.1, 0.15) is 24.1 Å². The summed E-state index contributed by atoms with van der Waals surface area (Å²) in [5.41, 5.74) is 1.49. The Morgan fingerprint density at radius 3 is 3.04 bits per heavy atom. The molecule has 1 saturated heterocycles. The third-order valence-electron chi connectivity index (χ3n) is 3.94. The summed E-state index contributed by atoms with van der Waals surface area (Å²) >= 11 is 1.23. The topological polar surface area (TPSA) is 113 Å². The summed E-state index contributed by atoms with van der Waals surface area (Å²) < 4.78 is 0. The van der Waals surface area contributed by atoms with Gasteiger partial charge in [-0.25, -0.2) is 4.98 Å². The van der Waals surface area contributed by atoms with E-state index in [4.69, 9.17) is 0 Å². The molecule has 0 saturated carbocycles. The maximum Gasteiger partial charge on any atom is 0.238 e. The van der Waals surface area contributed by atoms with Crippen molar-refractivity contribution < 1.29 is 14.4 Å². The van der Waals surface area contributed by atoms with Crippen molar-refractivity contribution >= 4 is 34.2 Å². The number of carbonyl (C=O) groups excluding carboxylic acids is 3. The minimum Gasteiger partial charge on any atom is -0.355 e. The third kappa shape index (κ3) is 4.85. The number of carbonyl (C=O) groups is 3. The van der Waals surface area contributed by atoms with Crippen molar-refractivity contribution in [2.75, 3.05) is 11.9 Å². The smallest absolute Gasteiger partial charge is 0.238 e. The van der Waals surface area contributed by atoms with Gasteiger partial charge < -0.3 is 16.0 Å². The molecule has 0 aliphatic carbocycles. The van der Waals surface area contributed by atoms with Gasteiger partial charge in [-0.2, -0.15) is 0 Å². The minimum absolute atomic E-state index is 0.122. The Morgan fingerprint density at radius 1 is 1.38 bits per heavy atom. The van der Waals surface area contributed by atoms with Crippen molar-refractivity contribution in [2.45, 2.75) is 25.8 Å². The molecule has 0 radical (unpaired) electrons. The largest absolute Gasteiger partial charge is 0.355 e. The molecule has 1 atom stereocenters. The number of rotatable bonds is 6. The first-order valence-corrected chi connectivity index (χ1v) is 9.18. The zero-order valence-corrected chi connectivity index (χ0v) is 14.8. The van der Waals surface area contributed by atoms with E-state index in [1.54, 1.807) is 17.8 Å². The monoisotopic (exact) mass is 373 g/mol. The van der Waals surface area contributed by atoms with E-state index in [1.165, 1.54) is 11.3 Å². The molecule has 1 aliphatic rings. The normalized spacial score (nSPS) is 16.6. The highest BCUT2D eigenvalue weighted by Crippen LogP contribution is 2.19. The second kappa shape index (κ2) is 8.52. The van der Waals surface area contributed by atoms with Gasteiger partial charge in [0.15, 0.2) is 5.13 Å². The first kappa shape index (κ1) is 18.0. The predicted molar refractivity (Wildman–Crippen MR) is 96.3 cm³/mol. The lowest BCUT2D eigenvalue weighted by molar-refractivity contribution is -0.134. The van der Waals surface area contributed by atoms with E-state index in [0.29, 0.717) is 30.3 Å². The number of pyridine rings is 1. The van der Waals surface area contributed by atoms with Crippen LogP contribution in [0.25, 0.3) is 0 Å². The summed E-state index contributed by atoms with van der Waals surface area (Å²) in [7, 11) is 0. The first-order valence-electron chi connectivity index (χ1n) is 8.30. The van der Waals surface area contributed by atoms with Crippen LogP contribution in [0.4, 0.5) is 5.13 Å². The molecule has 2 aromatic rings. The van der Waals surface area contributed by atoms with E-state index >= 15 is 0 Å². The van der Waals surface area contributed by atoms with Crippen molar-refractivity contribution in [1.29, 1.82) is 0 Å². The van der Waals surface area contributed by atoms with Gasteiger partial charge in [-0.3, -0.25) is 19.4 Å². The lowest BCUT2D eigenvalue weighted by Gasteiger charge is -2.20. The fraction of sp³-hybridized carbons (Fsp3) is 0.353. The average Bonchev–Trinajstić information content (AvgIpc) is 3.08. The summed E-state index contributed by atoms with van der Waals surface area (Å²) in [6.07, 6.45) is 4.80. The summed E-state index contributed by atoms with van der Waals surface area (Å²) in [6, 6.07) is 3.69. The van der Waals surface area contributed by atoms with Crippen LogP contribution in [0.15, 0.2) is 29.9 Å². The van der Waals surface area contributed by atoms with Crippen LogP contribution in [0.2, 0.25) is 0 Å². The lowest BCUT2D eigenvalue weighted by Crippen LogP contribution is -2.42. The minimum atomic E-state index is -0.682. The lowest BCUT2D eigenvalue weighted by atomic mass is 9.98. The molecule has 136 valence electrons. The molecule has 3 heterocycles. The zero-order chi connectivity index (χ0) is 18.4. The summed E-state index contributed by atoms with van der Waals surface area (Å²) in [5, 5.41) is 10.3. The first-order chi connectivity index (χ1) is 12.6. The molecule has 26 heavy (non-hydrogen) atoms. The van der Waals surface area contributed by atoms with Gasteiger partial charge in [-0.05, 0) is 24.5 Å². The van der Waals surface area contributed by atoms with E-state index in [1.807, 2.05) is 12.1 Å². The highest BCUT2D eigenvalue weighted by molar-refractivity contribution is 7.13. The Balaban J connectivity index is 1.48. The van der Waals surface area contributed by atoms with E-state index in [9.17, 15) is 14.4 Å². The quantitative estimate of drug-likeness (QED) is 0.650. The van der Waals surface area contributed by atoms with Crippen LogP contribution < -0.4 is 16.0 Å². The number of piperidine rings is 1. The number of anilines is 1. The van der Waals surface area contributed by atoms with Crippen LogP contribution in [-0.2, 0) is 27.3 Å². The van der Waals surface area contributed by atoms with E-state index in [2.05, 4.69) is 25.9 Å². The maximum absolute atomic E-state index is 12.2. The molecular formula is C17H19N5O3S. The molecule has 0 bridgehead atoms. The van der Waals surface area contributed by atoms with Crippen LogP contribution in [-0.4, -0.2) is 34.2 Å². The van der Waals surface area contributed by atoms with Gasteiger partial charge in [0.25, 0.3) is 0 Å². The van der Waals surface area contributed by atoms with Gasteiger partial charge in [-0.15, -0.1) is 11.3 Å². The van der Waals surface area contributed by atoms with Crippen molar-refractivity contribution in [3.8, 4) is 0 Å². The Hall–Kier alpha value is -2.81. The number of aromatic nitrogens is 2. The Kier molecular flexibility index (Phi) is 5.90. The van der Waals surface area contributed by atoms with Gasteiger partial charge in [0.1, 0.15) is 5.92 Å². The molecule has 0 aromatic carbocycles. The van der Waals surface area contributed by atoms with Gasteiger partial charge in [0.05, 0.1) is 12.1 Å². The average molecular weight is 373 g/mol. The molecular weight excluding hydrogens is 354 g/mol. The molecule has 2 aromatic heterocycles. The van der Waals surface area contributed by atoms with E-state index in [0.717, 1.165) is 12.0 Å². The van der Waals surface area contributed by atoms with Crippen molar-refractivity contribution in [2.24, 2.45) is 5.92 Å². The van der Waals surface area contributed by atoms with Crippen LogP contribution in [0, 0.1) is 5.92 Å². The molecule has 3 amide bonds. The van der Waals surface area contributed by atoms with Crippen molar-refractivity contribution in [3.05, 3.63) is 41.2 Å². The Bertz CT molecular complexity index is 793. The molecule has 9 heteroatoms. The molecule has 1 unspecified atom stereocenters. The highest BCUT2D eigenvalue weighted by Gasteiger charge is 2.29. The Labute approximate surface area is 154 Å². The molecule has 8 nitrogen and oxygen atoms in total. The predicted octanol–water partition coefficient (Wildman–Crippen LogP) is 0.862. The van der Waals surface area contributed by atoms with Crippen molar-refractivity contribution in [3.63, 3.8) is 0 Å². The van der Waals surface area contributed by atoms with Gasteiger partial charge >= 0.3 is 0 Å². The molecule has 0 spiro atoms. The number of nitrogens with one attached hydrogen (secondary N) is 3. The molecule has 3 rings (SSSR count). The van der Waals surface area contributed by atoms with Gasteiger partial charge in [-0.1, -0.05) is 6.07 Å². The fourth-order valence-electron chi connectivity index (χ4n) is 2.59. The maximum atomic E-state index is 12.2. The summed E-state index contributed by atoms with van der Waals surface area (Å²) in [5.74, 6) is -1.45. The SMILES string of the molecule is O=C(Cc1csc(NC(=O)C2CCCNC2=O)n1)NCc1cccnc1.